The molecule has 0 aromatic heterocycles. The molecule has 3 heterocycles. The number of rotatable bonds is 3. The van der Waals surface area contributed by atoms with E-state index in [1.165, 1.54) is 0 Å². The van der Waals surface area contributed by atoms with Crippen LogP contribution in [0.2, 0.25) is 0 Å². The molecule has 0 radical (unpaired) electrons. The minimum absolute atomic E-state index is 0.00654. The fourth-order valence-electron chi connectivity index (χ4n) is 3.26. The first-order chi connectivity index (χ1) is 9.86. The third kappa shape index (κ3) is 2.17. The standard InChI is InChI=1S/C16H20O4/c1-2-6-11-13-15(19-13)14-12(18-11)9-17-16(20-14)10-7-4-3-5-8-10/h3-5,7-8,11-16H,2,6,9H2,1H3/t11-,12-,13-,14-,15-,16-/m1/s1. The lowest BCUT2D eigenvalue weighted by atomic mass is 9.98. The van der Waals surface area contributed by atoms with Crippen LogP contribution >= 0.6 is 0 Å². The number of ether oxygens (including phenoxy) is 4. The smallest absolute Gasteiger partial charge is 0.184 e. The van der Waals surface area contributed by atoms with E-state index in [4.69, 9.17) is 18.9 Å². The Bertz CT molecular complexity index is 463. The van der Waals surface area contributed by atoms with Crippen LogP contribution in [-0.2, 0) is 18.9 Å². The molecular weight excluding hydrogens is 256 g/mol. The maximum Gasteiger partial charge on any atom is 0.184 e. The van der Waals surface area contributed by atoms with Crippen LogP contribution in [0.3, 0.4) is 0 Å². The van der Waals surface area contributed by atoms with Crippen LogP contribution in [-0.4, -0.2) is 37.1 Å². The first-order valence-electron chi connectivity index (χ1n) is 7.49. The number of benzene rings is 1. The van der Waals surface area contributed by atoms with E-state index in [0.29, 0.717) is 6.61 Å². The first-order valence-corrected chi connectivity index (χ1v) is 7.49. The summed E-state index contributed by atoms with van der Waals surface area (Å²) < 4.78 is 23.8. The molecule has 0 unspecified atom stereocenters. The second-order valence-corrected chi connectivity index (χ2v) is 5.74. The summed E-state index contributed by atoms with van der Waals surface area (Å²) in [6.07, 6.45) is 2.52. The Kier molecular flexibility index (Phi) is 3.27. The van der Waals surface area contributed by atoms with E-state index < -0.39 is 0 Å². The highest BCUT2D eigenvalue weighted by atomic mass is 16.7. The van der Waals surface area contributed by atoms with E-state index in [0.717, 1.165) is 18.4 Å². The van der Waals surface area contributed by atoms with Gasteiger partial charge in [-0.3, -0.25) is 0 Å². The minimum Gasteiger partial charge on any atom is -0.367 e. The molecule has 0 aliphatic carbocycles. The van der Waals surface area contributed by atoms with Crippen LogP contribution in [0, 0.1) is 0 Å². The Balaban J connectivity index is 1.46. The highest BCUT2D eigenvalue weighted by Crippen LogP contribution is 2.44. The summed E-state index contributed by atoms with van der Waals surface area (Å²) in [4.78, 5) is 0. The van der Waals surface area contributed by atoms with Gasteiger partial charge in [-0.05, 0) is 6.42 Å². The Morgan fingerprint density at radius 1 is 1.00 bits per heavy atom. The van der Waals surface area contributed by atoms with Crippen LogP contribution in [0.4, 0.5) is 0 Å². The molecule has 0 bridgehead atoms. The van der Waals surface area contributed by atoms with Crippen molar-refractivity contribution >= 4 is 0 Å². The molecule has 4 nitrogen and oxygen atoms in total. The van der Waals surface area contributed by atoms with Crippen molar-refractivity contribution < 1.29 is 18.9 Å². The predicted octanol–water partition coefficient (Wildman–Crippen LogP) is 2.44. The van der Waals surface area contributed by atoms with Gasteiger partial charge < -0.3 is 18.9 Å². The lowest BCUT2D eigenvalue weighted by Crippen LogP contribution is -2.52. The summed E-state index contributed by atoms with van der Waals surface area (Å²) >= 11 is 0. The zero-order valence-corrected chi connectivity index (χ0v) is 11.6. The average Bonchev–Trinajstić information content (AvgIpc) is 3.29. The highest BCUT2D eigenvalue weighted by molar-refractivity contribution is 5.17. The Morgan fingerprint density at radius 2 is 1.85 bits per heavy atom. The molecule has 0 amide bonds. The van der Waals surface area contributed by atoms with Gasteiger partial charge in [0.1, 0.15) is 24.4 Å². The van der Waals surface area contributed by atoms with Gasteiger partial charge in [0.2, 0.25) is 0 Å². The van der Waals surface area contributed by atoms with E-state index >= 15 is 0 Å². The number of hydrogen-bond acceptors (Lipinski definition) is 4. The molecule has 3 fully saturated rings. The minimum atomic E-state index is -0.298. The second-order valence-electron chi connectivity index (χ2n) is 5.74. The van der Waals surface area contributed by atoms with Gasteiger partial charge in [0.25, 0.3) is 0 Å². The molecule has 3 aliphatic rings. The van der Waals surface area contributed by atoms with E-state index in [-0.39, 0.29) is 36.8 Å². The molecule has 4 rings (SSSR count). The van der Waals surface area contributed by atoms with Crippen molar-refractivity contribution in [1.29, 1.82) is 0 Å². The van der Waals surface area contributed by atoms with Gasteiger partial charge in [-0.2, -0.15) is 0 Å². The van der Waals surface area contributed by atoms with Crippen LogP contribution in [0.15, 0.2) is 30.3 Å². The lowest BCUT2D eigenvalue weighted by molar-refractivity contribution is -0.282. The van der Waals surface area contributed by atoms with Gasteiger partial charge in [0.05, 0.1) is 12.7 Å². The van der Waals surface area contributed by atoms with Gasteiger partial charge in [0, 0.05) is 5.56 Å². The summed E-state index contributed by atoms with van der Waals surface area (Å²) in [6, 6.07) is 10.0. The van der Waals surface area contributed by atoms with Gasteiger partial charge in [-0.25, -0.2) is 0 Å². The largest absolute Gasteiger partial charge is 0.367 e. The third-order valence-electron chi connectivity index (χ3n) is 4.31. The van der Waals surface area contributed by atoms with E-state index in [1.54, 1.807) is 0 Å². The zero-order valence-electron chi connectivity index (χ0n) is 11.6. The van der Waals surface area contributed by atoms with Gasteiger partial charge >= 0.3 is 0 Å². The molecule has 1 aromatic carbocycles. The van der Waals surface area contributed by atoms with E-state index in [2.05, 4.69) is 6.92 Å². The predicted molar refractivity (Wildman–Crippen MR) is 72.2 cm³/mol. The van der Waals surface area contributed by atoms with Crippen molar-refractivity contribution in [2.24, 2.45) is 0 Å². The quantitative estimate of drug-likeness (QED) is 0.795. The summed E-state index contributed by atoms with van der Waals surface area (Å²) in [5.41, 5.74) is 1.05. The van der Waals surface area contributed by atoms with Gasteiger partial charge in [0.15, 0.2) is 6.29 Å². The molecule has 108 valence electrons. The second kappa shape index (κ2) is 5.11. The summed E-state index contributed by atoms with van der Waals surface area (Å²) in [6.45, 7) is 2.75. The van der Waals surface area contributed by atoms with Crippen LogP contribution in [0.25, 0.3) is 0 Å². The van der Waals surface area contributed by atoms with Crippen molar-refractivity contribution in [3.05, 3.63) is 35.9 Å². The molecule has 0 N–H and O–H groups in total. The molecule has 4 heteroatoms. The Hall–Kier alpha value is -0.940. The van der Waals surface area contributed by atoms with Crippen LogP contribution < -0.4 is 0 Å². The first kappa shape index (κ1) is 12.8. The number of fused-ring (bicyclic) bond motifs is 3. The van der Waals surface area contributed by atoms with Crippen LogP contribution in [0.5, 0.6) is 0 Å². The summed E-state index contributed by atoms with van der Waals surface area (Å²) in [7, 11) is 0. The molecule has 3 aliphatic heterocycles. The molecule has 6 atom stereocenters. The maximum atomic E-state index is 6.09. The number of epoxide rings is 1. The zero-order chi connectivity index (χ0) is 13.5. The highest BCUT2D eigenvalue weighted by Gasteiger charge is 2.59. The van der Waals surface area contributed by atoms with Crippen molar-refractivity contribution in [2.45, 2.75) is 56.6 Å². The van der Waals surface area contributed by atoms with Gasteiger partial charge in [-0.15, -0.1) is 0 Å². The summed E-state index contributed by atoms with van der Waals surface area (Å²) in [5, 5.41) is 0. The van der Waals surface area contributed by atoms with E-state index in [1.807, 2.05) is 30.3 Å². The van der Waals surface area contributed by atoms with Crippen molar-refractivity contribution in [1.82, 2.24) is 0 Å². The fourth-order valence-corrected chi connectivity index (χ4v) is 3.26. The van der Waals surface area contributed by atoms with Crippen molar-refractivity contribution in [2.75, 3.05) is 6.61 Å². The van der Waals surface area contributed by atoms with E-state index in [9.17, 15) is 0 Å². The van der Waals surface area contributed by atoms with Gasteiger partial charge in [-0.1, -0.05) is 43.7 Å². The Morgan fingerprint density at radius 3 is 2.65 bits per heavy atom. The molecule has 20 heavy (non-hydrogen) atoms. The van der Waals surface area contributed by atoms with Crippen molar-refractivity contribution in [3.8, 4) is 0 Å². The van der Waals surface area contributed by atoms with Crippen molar-refractivity contribution in [3.63, 3.8) is 0 Å². The maximum absolute atomic E-state index is 6.09. The number of hydrogen-bond donors (Lipinski definition) is 0. The monoisotopic (exact) mass is 276 g/mol. The molecule has 0 saturated carbocycles. The SMILES string of the molecule is CCC[C@H]1O[C@@H]2CO[C@@H](c3ccccc3)O[C@H]2[C@@H]2O[C@@H]21. The molecule has 3 saturated heterocycles. The van der Waals surface area contributed by atoms with Crippen LogP contribution in [0.1, 0.15) is 31.6 Å². The molecule has 1 aromatic rings. The Labute approximate surface area is 119 Å². The molecule has 0 spiro atoms. The topological polar surface area (TPSA) is 40.2 Å². The molecular formula is C16H20O4. The normalized spacial score (nSPS) is 42.6. The fraction of sp³-hybridized carbons (Fsp3) is 0.625. The summed E-state index contributed by atoms with van der Waals surface area (Å²) in [5.74, 6) is 0. The third-order valence-corrected chi connectivity index (χ3v) is 4.31. The lowest BCUT2D eigenvalue weighted by Gasteiger charge is -2.40. The average molecular weight is 276 g/mol.